The molecule has 0 spiro atoms. The number of imide groups is 1. The molecule has 0 unspecified atom stereocenters. The highest BCUT2D eigenvalue weighted by atomic mass is 35.5. The molecule has 7 nitrogen and oxygen atoms in total. The van der Waals surface area contributed by atoms with Crippen LogP contribution in [0.3, 0.4) is 0 Å². The molecule has 1 N–H and O–H groups in total. The molecule has 174 valence electrons. The predicted molar refractivity (Wildman–Crippen MR) is 123 cm³/mol. The number of nitrogens with one attached hydrogen (secondary N) is 1. The first kappa shape index (κ1) is 23.3. The molecule has 3 fully saturated rings. The monoisotopic (exact) mass is 480 g/mol. The lowest BCUT2D eigenvalue weighted by molar-refractivity contribution is -0.138. The van der Waals surface area contributed by atoms with E-state index >= 15 is 0 Å². The summed E-state index contributed by atoms with van der Waals surface area (Å²) in [7, 11) is 0. The Kier molecular flexibility index (Phi) is 6.98. The van der Waals surface area contributed by atoms with Crippen LogP contribution in [0.25, 0.3) is 0 Å². The van der Waals surface area contributed by atoms with Gasteiger partial charge in [0.2, 0.25) is 5.91 Å². The van der Waals surface area contributed by atoms with Crippen molar-refractivity contribution >= 4 is 41.0 Å². The third kappa shape index (κ3) is 4.61. The molecule has 3 saturated heterocycles. The highest BCUT2D eigenvalue weighted by Crippen LogP contribution is 2.33. The number of benzene rings is 1. The van der Waals surface area contributed by atoms with Crippen molar-refractivity contribution in [2.45, 2.75) is 51.0 Å². The number of urea groups is 1. The second-order valence-electron chi connectivity index (χ2n) is 9.19. The highest BCUT2D eigenvalue weighted by Gasteiger charge is 2.49. The SMILES string of the molecule is C[C@]1(c2ccc(Cl)c(Cl)c2)NC(=O)N(CN2CCC(C(=O)N3CCCCCC3)CC2)C1=O. The first-order valence-electron chi connectivity index (χ1n) is 11.4. The third-order valence-electron chi connectivity index (χ3n) is 6.97. The van der Waals surface area contributed by atoms with Gasteiger partial charge < -0.3 is 10.2 Å². The number of nitrogens with zero attached hydrogens (tertiary/aromatic N) is 3. The summed E-state index contributed by atoms with van der Waals surface area (Å²) in [6.07, 6.45) is 6.10. The average molecular weight is 481 g/mol. The van der Waals surface area contributed by atoms with E-state index in [-0.39, 0.29) is 24.4 Å². The van der Waals surface area contributed by atoms with Gasteiger partial charge in [0, 0.05) is 32.1 Å². The van der Waals surface area contributed by atoms with E-state index in [0.29, 0.717) is 28.7 Å². The Morgan fingerprint density at radius 1 is 1.03 bits per heavy atom. The maximum atomic E-state index is 13.2. The van der Waals surface area contributed by atoms with Crippen molar-refractivity contribution in [3.63, 3.8) is 0 Å². The number of halogens is 2. The van der Waals surface area contributed by atoms with Gasteiger partial charge in [-0.25, -0.2) is 9.69 Å². The molecule has 0 radical (unpaired) electrons. The van der Waals surface area contributed by atoms with Crippen molar-refractivity contribution in [3.8, 4) is 0 Å². The molecular weight excluding hydrogens is 451 g/mol. The summed E-state index contributed by atoms with van der Waals surface area (Å²) < 4.78 is 0. The number of carbonyl (C=O) groups is 3. The fourth-order valence-electron chi connectivity index (χ4n) is 4.90. The summed E-state index contributed by atoms with van der Waals surface area (Å²) in [5.74, 6) is -0.00804. The molecule has 1 aromatic carbocycles. The number of rotatable bonds is 4. The molecule has 0 bridgehead atoms. The molecule has 4 amide bonds. The van der Waals surface area contributed by atoms with Gasteiger partial charge in [0.1, 0.15) is 5.54 Å². The summed E-state index contributed by atoms with van der Waals surface area (Å²) in [5.41, 5.74) is -0.596. The lowest BCUT2D eigenvalue weighted by atomic mass is 9.92. The standard InChI is InChI=1S/C23H30Cl2N4O3/c1-23(17-6-7-18(24)19(25)14-17)21(31)29(22(32)26-23)15-27-12-8-16(9-13-27)20(30)28-10-4-2-3-5-11-28/h6-7,14,16H,2-5,8-13,15H2,1H3,(H,26,32)/t23-/m1/s1. The van der Waals surface area contributed by atoms with Crippen LogP contribution in [0.1, 0.15) is 51.0 Å². The topological polar surface area (TPSA) is 73.0 Å². The molecule has 0 aromatic heterocycles. The normalized spacial score (nSPS) is 25.7. The molecule has 1 atom stereocenters. The average Bonchev–Trinajstić information content (AvgIpc) is 2.98. The van der Waals surface area contributed by atoms with E-state index in [1.165, 1.54) is 17.7 Å². The van der Waals surface area contributed by atoms with Crippen molar-refractivity contribution in [2.75, 3.05) is 32.8 Å². The minimum atomic E-state index is -1.19. The predicted octanol–water partition coefficient (Wildman–Crippen LogP) is 3.83. The molecule has 0 aliphatic carbocycles. The van der Waals surface area contributed by atoms with Gasteiger partial charge in [-0.1, -0.05) is 42.1 Å². The fraction of sp³-hybridized carbons (Fsp3) is 0.609. The quantitative estimate of drug-likeness (QED) is 0.664. The summed E-state index contributed by atoms with van der Waals surface area (Å²) in [5, 5.41) is 3.54. The van der Waals surface area contributed by atoms with Crippen LogP contribution in [0.2, 0.25) is 10.0 Å². The van der Waals surface area contributed by atoms with Crippen LogP contribution in [0.4, 0.5) is 4.79 Å². The minimum absolute atomic E-state index is 0.0360. The molecule has 32 heavy (non-hydrogen) atoms. The van der Waals surface area contributed by atoms with Gasteiger partial charge >= 0.3 is 6.03 Å². The van der Waals surface area contributed by atoms with Gasteiger partial charge in [0.25, 0.3) is 5.91 Å². The molecule has 3 aliphatic rings. The van der Waals surface area contributed by atoms with Gasteiger partial charge in [0.05, 0.1) is 16.7 Å². The second kappa shape index (κ2) is 9.57. The van der Waals surface area contributed by atoms with E-state index in [0.717, 1.165) is 38.8 Å². The number of likely N-dealkylation sites (tertiary alicyclic amines) is 2. The zero-order valence-corrected chi connectivity index (χ0v) is 19.9. The van der Waals surface area contributed by atoms with Crippen LogP contribution < -0.4 is 5.32 Å². The summed E-state index contributed by atoms with van der Waals surface area (Å²) >= 11 is 12.1. The molecule has 0 saturated carbocycles. The number of hydrogen-bond acceptors (Lipinski definition) is 4. The second-order valence-corrected chi connectivity index (χ2v) is 10.0. The summed E-state index contributed by atoms with van der Waals surface area (Å²) in [6, 6.07) is 4.52. The van der Waals surface area contributed by atoms with Crippen LogP contribution >= 0.6 is 23.2 Å². The van der Waals surface area contributed by atoms with Gasteiger partial charge in [-0.3, -0.25) is 14.5 Å². The van der Waals surface area contributed by atoms with E-state index < -0.39 is 11.6 Å². The van der Waals surface area contributed by atoms with E-state index in [9.17, 15) is 14.4 Å². The third-order valence-corrected chi connectivity index (χ3v) is 7.71. The van der Waals surface area contributed by atoms with E-state index in [2.05, 4.69) is 10.2 Å². The number of piperidine rings is 1. The Hall–Kier alpha value is -1.83. The number of hydrogen-bond donors (Lipinski definition) is 1. The van der Waals surface area contributed by atoms with E-state index in [4.69, 9.17) is 23.2 Å². The first-order valence-corrected chi connectivity index (χ1v) is 12.2. The van der Waals surface area contributed by atoms with Crippen LogP contribution in [0, 0.1) is 5.92 Å². The first-order chi connectivity index (χ1) is 15.3. The number of carbonyl (C=O) groups excluding carboxylic acids is 3. The Balaban J connectivity index is 1.35. The van der Waals surface area contributed by atoms with Gasteiger partial charge in [0.15, 0.2) is 0 Å². The molecule has 3 heterocycles. The molecular formula is C23H30Cl2N4O3. The van der Waals surface area contributed by atoms with Crippen LogP contribution in [-0.2, 0) is 15.1 Å². The lowest BCUT2D eigenvalue weighted by Crippen LogP contribution is -2.48. The Bertz CT molecular complexity index is 895. The lowest BCUT2D eigenvalue weighted by Gasteiger charge is -2.35. The zero-order chi connectivity index (χ0) is 22.9. The van der Waals surface area contributed by atoms with Crippen molar-refractivity contribution in [2.24, 2.45) is 5.92 Å². The number of amides is 4. The van der Waals surface area contributed by atoms with Crippen molar-refractivity contribution in [1.29, 1.82) is 0 Å². The largest absolute Gasteiger partial charge is 0.342 e. The van der Waals surface area contributed by atoms with Gasteiger partial charge in [-0.05, 0) is 50.3 Å². The smallest absolute Gasteiger partial charge is 0.326 e. The molecule has 3 aliphatic heterocycles. The van der Waals surface area contributed by atoms with Gasteiger partial charge in [-0.2, -0.15) is 0 Å². The summed E-state index contributed by atoms with van der Waals surface area (Å²) in [4.78, 5) is 44.1. The van der Waals surface area contributed by atoms with Crippen molar-refractivity contribution in [1.82, 2.24) is 20.0 Å². The highest BCUT2D eigenvalue weighted by molar-refractivity contribution is 6.42. The molecule has 1 aromatic rings. The van der Waals surface area contributed by atoms with Gasteiger partial charge in [-0.15, -0.1) is 0 Å². The van der Waals surface area contributed by atoms with E-state index in [1.54, 1.807) is 25.1 Å². The van der Waals surface area contributed by atoms with E-state index in [1.807, 2.05) is 4.90 Å². The summed E-state index contributed by atoms with van der Waals surface area (Å²) in [6.45, 7) is 5.00. The molecule has 9 heteroatoms. The zero-order valence-electron chi connectivity index (χ0n) is 18.4. The van der Waals surface area contributed by atoms with Crippen LogP contribution in [-0.4, -0.2) is 65.4 Å². The van der Waals surface area contributed by atoms with Crippen molar-refractivity contribution in [3.05, 3.63) is 33.8 Å². The van der Waals surface area contributed by atoms with Crippen LogP contribution in [0.15, 0.2) is 18.2 Å². The Morgan fingerprint density at radius 2 is 1.69 bits per heavy atom. The molecule has 4 rings (SSSR count). The Morgan fingerprint density at radius 3 is 2.31 bits per heavy atom. The maximum absolute atomic E-state index is 13.2. The minimum Gasteiger partial charge on any atom is -0.342 e. The van der Waals surface area contributed by atoms with Crippen molar-refractivity contribution < 1.29 is 14.4 Å². The fourth-order valence-corrected chi connectivity index (χ4v) is 5.20. The maximum Gasteiger partial charge on any atom is 0.326 e. The van der Waals surface area contributed by atoms with Crippen LogP contribution in [0.5, 0.6) is 0 Å². The Labute approximate surface area is 199 Å².